The molecule has 9 nitrogen and oxygen atoms in total. The van der Waals surface area contributed by atoms with E-state index in [2.05, 4.69) is 39.6 Å². The summed E-state index contributed by atoms with van der Waals surface area (Å²) < 4.78 is 24.5. The highest BCUT2D eigenvalue weighted by molar-refractivity contribution is 6.07. The van der Waals surface area contributed by atoms with Gasteiger partial charge in [-0.25, -0.2) is 4.39 Å². The van der Waals surface area contributed by atoms with E-state index in [1.165, 1.54) is 33.5 Å². The van der Waals surface area contributed by atoms with E-state index in [-0.39, 0.29) is 11.5 Å². The molecule has 50 heavy (non-hydrogen) atoms. The first-order valence-electron chi connectivity index (χ1n) is 18.0. The van der Waals surface area contributed by atoms with Gasteiger partial charge in [0.15, 0.2) is 0 Å². The molecular weight excluding hydrogens is 633 g/mol. The van der Waals surface area contributed by atoms with Crippen molar-refractivity contribution in [3.63, 3.8) is 0 Å². The Hall–Kier alpha value is -4.25. The number of benzene rings is 1. The molecule has 0 bridgehead atoms. The fourth-order valence-electron chi connectivity index (χ4n) is 8.56. The van der Waals surface area contributed by atoms with Crippen molar-refractivity contribution in [1.29, 1.82) is 0 Å². The number of aliphatic hydroxyl groups excluding tert-OH is 1. The quantitative estimate of drug-likeness (QED) is 0.350. The van der Waals surface area contributed by atoms with E-state index in [1.54, 1.807) is 24.2 Å². The van der Waals surface area contributed by atoms with Gasteiger partial charge in [0, 0.05) is 43.2 Å². The number of amides is 1. The second-order valence-corrected chi connectivity index (χ2v) is 14.8. The summed E-state index contributed by atoms with van der Waals surface area (Å²) in [6, 6.07) is 6.97. The van der Waals surface area contributed by atoms with Crippen molar-refractivity contribution < 1.29 is 19.0 Å². The molecule has 0 saturated carbocycles. The summed E-state index contributed by atoms with van der Waals surface area (Å²) in [6.45, 7) is 10.8. The molecule has 1 aromatic carbocycles. The number of hydrogen-bond acceptors (Lipinski definition) is 6. The van der Waals surface area contributed by atoms with Crippen LogP contribution in [0, 0.1) is 11.7 Å². The van der Waals surface area contributed by atoms with Crippen LogP contribution in [0.5, 0.6) is 0 Å². The molecular formula is C40H46FN5O4. The number of aromatic nitrogens is 2. The van der Waals surface area contributed by atoms with Crippen molar-refractivity contribution in [3.8, 4) is 11.1 Å². The topological polar surface area (TPSA) is 92.0 Å². The Labute approximate surface area is 292 Å². The number of allylic oxidation sites excluding steroid dienone is 2. The van der Waals surface area contributed by atoms with Crippen LogP contribution in [-0.4, -0.2) is 69.5 Å². The van der Waals surface area contributed by atoms with Gasteiger partial charge in [0.05, 0.1) is 37.1 Å². The van der Waals surface area contributed by atoms with E-state index < -0.39 is 18.0 Å². The molecule has 5 aliphatic rings. The highest BCUT2D eigenvalue weighted by Gasteiger charge is 2.35. The maximum absolute atomic E-state index is 15.5. The third kappa shape index (κ3) is 5.67. The number of fused-ring (bicyclic) bond motifs is 3. The summed E-state index contributed by atoms with van der Waals surface area (Å²) in [6.07, 6.45) is 14.4. The first-order valence-corrected chi connectivity index (χ1v) is 18.0. The van der Waals surface area contributed by atoms with E-state index in [0.29, 0.717) is 58.8 Å². The summed E-state index contributed by atoms with van der Waals surface area (Å²) in [5.41, 5.74) is 6.34. The summed E-state index contributed by atoms with van der Waals surface area (Å²) in [7, 11) is 1.66. The van der Waals surface area contributed by atoms with Crippen LogP contribution in [0.15, 0.2) is 71.2 Å². The fraction of sp³-hybridized carbons (Fsp3) is 0.450. The Bertz CT molecular complexity index is 2000. The Balaban J connectivity index is 1.06. The summed E-state index contributed by atoms with van der Waals surface area (Å²) in [5.74, 6) is -0.258. The number of ether oxygens (including phenoxy) is 1. The smallest absolute Gasteiger partial charge is 0.274 e. The molecule has 2 aromatic heterocycles. The predicted octanol–water partition coefficient (Wildman–Crippen LogP) is 5.36. The second-order valence-electron chi connectivity index (χ2n) is 14.8. The van der Waals surface area contributed by atoms with Crippen LogP contribution in [0.3, 0.4) is 0 Å². The largest absolute Gasteiger partial charge is 0.392 e. The van der Waals surface area contributed by atoms with Gasteiger partial charge in [-0.1, -0.05) is 24.8 Å². The van der Waals surface area contributed by atoms with Gasteiger partial charge in [0.1, 0.15) is 17.2 Å². The van der Waals surface area contributed by atoms with E-state index in [9.17, 15) is 14.7 Å². The molecule has 1 atom stereocenters. The Morgan fingerprint density at radius 2 is 1.84 bits per heavy atom. The molecule has 2 aliphatic carbocycles. The number of nitrogens with zero attached hydrogens (tertiary/aromatic N) is 4. The third-order valence-corrected chi connectivity index (χ3v) is 11.7. The Morgan fingerprint density at radius 3 is 2.56 bits per heavy atom. The lowest BCUT2D eigenvalue weighted by molar-refractivity contribution is -0.0724. The van der Waals surface area contributed by atoms with Gasteiger partial charge in [-0.15, -0.1) is 0 Å². The molecule has 3 aliphatic heterocycles. The van der Waals surface area contributed by atoms with E-state index in [4.69, 9.17) is 4.74 Å². The Kier molecular flexibility index (Phi) is 8.44. The van der Waals surface area contributed by atoms with Crippen molar-refractivity contribution in [1.82, 2.24) is 14.0 Å². The van der Waals surface area contributed by atoms with Gasteiger partial charge in [-0.05, 0) is 111 Å². The molecule has 2 fully saturated rings. The molecule has 2 saturated heterocycles. The second kappa shape index (κ2) is 12.8. The van der Waals surface area contributed by atoms with Crippen LogP contribution in [-0.2, 0) is 37.8 Å². The van der Waals surface area contributed by atoms with Crippen molar-refractivity contribution in [2.75, 3.05) is 43.1 Å². The summed E-state index contributed by atoms with van der Waals surface area (Å²) in [5, 5.41) is 14.2. The minimum absolute atomic E-state index is 0.193. The lowest BCUT2D eigenvalue weighted by atomic mass is 9.79. The zero-order chi connectivity index (χ0) is 34.7. The highest BCUT2D eigenvalue weighted by Crippen LogP contribution is 2.38. The zero-order valence-electron chi connectivity index (χ0n) is 29.0. The number of carbonyl (C=O) groups is 1. The van der Waals surface area contributed by atoms with Crippen molar-refractivity contribution in [3.05, 3.63) is 105 Å². The average molecular weight is 680 g/mol. The normalized spacial score (nSPS) is 23.0. The molecule has 8 rings (SSSR count). The van der Waals surface area contributed by atoms with Crippen LogP contribution in [0.4, 0.5) is 15.8 Å². The number of hydrogen-bond donors (Lipinski definition) is 2. The average Bonchev–Trinajstić information content (AvgIpc) is 3.47. The maximum Gasteiger partial charge on any atom is 0.274 e. The van der Waals surface area contributed by atoms with Gasteiger partial charge in [0.25, 0.3) is 11.5 Å². The van der Waals surface area contributed by atoms with Crippen LogP contribution in [0.2, 0.25) is 0 Å². The molecule has 10 heteroatoms. The van der Waals surface area contributed by atoms with E-state index >= 15 is 4.39 Å². The first-order chi connectivity index (χ1) is 24.1. The number of pyridine rings is 1. The number of rotatable bonds is 7. The number of piperidine rings is 1. The molecule has 5 heterocycles. The van der Waals surface area contributed by atoms with Gasteiger partial charge in [-0.3, -0.25) is 14.5 Å². The van der Waals surface area contributed by atoms with Gasteiger partial charge < -0.3 is 29.2 Å². The van der Waals surface area contributed by atoms with E-state index in [1.807, 2.05) is 13.0 Å². The minimum Gasteiger partial charge on any atom is -0.392 e. The van der Waals surface area contributed by atoms with Gasteiger partial charge >= 0.3 is 0 Å². The number of aryl methyl sites for hydroxylation is 2. The van der Waals surface area contributed by atoms with E-state index in [0.717, 1.165) is 70.4 Å². The van der Waals surface area contributed by atoms with Gasteiger partial charge in [0.2, 0.25) is 0 Å². The maximum atomic E-state index is 15.5. The number of likely N-dealkylation sites (tertiary alicyclic amines) is 1. The number of nitrogens with one attached hydrogen (secondary N) is 1. The molecule has 3 aromatic rings. The van der Waals surface area contributed by atoms with Crippen LogP contribution < -0.4 is 15.8 Å². The van der Waals surface area contributed by atoms with Crippen molar-refractivity contribution in [2.45, 2.75) is 70.2 Å². The zero-order valence-corrected chi connectivity index (χ0v) is 29.0. The molecule has 2 N–H and O–H groups in total. The molecule has 262 valence electrons. The van der Waals surface area contributed by atoms with Crippen molar-refractivity contribution >= 4 is 17.3 Å². The fourth-order valence-corrected chi connectivity index (χ4v) is 8.56. The number of anilines is 2. The lowest BCUT2D eigenvalue weighted by Gasteiger charge is -2.42. The first kappa shape index (κ1) is 32.9. The monoisotopic (exact) mass is 679 g/mol. The molecule has 0 unspecified atom stereocenters. The minimum atomic E-state index is -0.723. The molecule has 1 amide bonds. The molecule has 0 spiro atoms. The molecule has 0 radical (unpaired) electrons. The van der Waals surface area contributed by atoms with Crippen LogP contribution >= 0.6 is 0 Å². The highest BCUT2D eigenvalue weighted by atomic mass is 19.1. The third-order valence-electron chi connectivity index (χ3n) is 11.7. The van der Waals surface area contributed by atoms with Crippen LogP contribution in [0.25, 0.3) is 11.1 Å². The number of carbonyl (C=O) groups excluding carboxylic acids is 1. The predicted molar refractivity (Wildman–Crippen MR) is 193 cm³/mol. The van der Waals surface area contributed by atoms with Crippen LogP contribution in [0.1, 0.15) is 59.9 Å². The number of halogens is 1. The summed E-state index contributed by atoms with van der Waals surface area (Å²) >= 11 is 0. The SMILES string of the molecule is C=C1C=C(C2CCN(C3COC3)CC2)C=C[C@]1(C)Nc1cc(-c2cc(F)cc(N3CCn4c(cc5c4CCCC5)C3=O)c2CO)cn(C)c1=O. The van der Waals surface area contributed by atoms with Crippen molar-refractivity contribution in [2.24, 2.45) is 13.0 Å². The standard InChI is InChI=1S/C40H46FN5O4/c1-25-16-27(26-9-12-44(13-10-26)31-23-50-24-31)8-11-40(25,2)42-34-17-29(21-43(3)38(34)48)32-19-30(41)20-36(33(32)22-47)46-15-14-45-35-7-5-4-6-28(35)18-37(45)39(46)49/h8,11,16-21,26,31,42,47H,1,4-7,9-10,12-15,22-24H2,2-3H3/t40-/m0/s1. The van der Waals surface area contributed by atoms with Gasteiger partial charge in [-0.2, -0.15) is 0 Å². The summed E-state index contributed by atoms with van der Waals surface area (Å²) in [4.78, 5) is 31.5. The lowest BCUT2D eigenvalue weighted by Crippen LogP contribution is -2.51. The number of aliphatic hydroxyl groups is 1. The Morgan fingerprint density at radius 1 is 1.06 bits per heavy atom.